The van der Waals surface area contributed by atoms with Crippen LogP contribution in [0.4, 0.5) is 4.39 Å². The summed E-state index contributed by atoms with van der Waals surface area (Å²) in [5.41, 5.74) is 0. The Balaban J connectivity index is 1.82. The first kappa shape index (κ1) is 7.50. The summed E-state index contributed by atoms with van der Waals surface area (Å²) < 4.78 is 17.9. The molecule has 2 aliphatic rings. The van der Waals surface area contributed by atoms with Gasteiger partial charge in [-0.15, -0.1) is 0 Å². The molecule has 1 unspecified atom stereocenters. The van der Waals surface area contributed by atoms with Crippen molar-refractivity contribution in [1.29, 1.82) is 0 Å². The van der Waals surface area contributed by atoms with Crippen LogP contribution in [0.25, 0.3) is 0 Å². The Morgan fingerprint density at radius 3 is 2.73 bits per heavy atom. The van der Waals surface area contributed by atoms with Crippen molar-refractivity contribution >= 4 is 0 Å². The second-order valence-electron chi connectivity index (χ2n) is 3.43. The number of halogens is 1. The second-order valence-corrected chi connectivity index (χ2v) is 3.43. The molecule has 2 saturated heterocycles. The molecule has 0 saturated carbocycles. The number of nitrogens with zero attached hydrogens (tertiary/aromatic N) is 1. The van der Waals surface area contributed by atoms with Crippen molar-refractivity contribution in [2.45, 2.75) is 25.1 Å². The largest absolute Gasteiger partial charge is 0.378 e. The van der Waals surface area contributed by atoms with Crippen molar-refractivity contribution in [2.24, 2.45) is 0 Å². The molecule has 0 bridgehead atoms. The molecule has 0 N–H and O–H groups in total. The van der Waals surface area contributed by atoms with E-state index in [4.69, 9.17) is 4.74 Å². The van der Waals surface area contributed by atoms with Crippen molar-refractivity contribution in [3.05, 3.63) is 0 Å². The van der Waals surface area contributed by atoms with Gasteiger partial charge in [0.2, 0.25) is 0 Å². The van der Waals surface area contributed by atoms with Crippen LogP contribution in [0.1, 0.15) is 12.8 Å². The Hall–Kier alpha value is -0.150. The number of hydrogen-bond donors (Lipinski definition) is 0. The summed E-state index contributed by atoms with van der Waals surface area (Å²) in [5.74, 6) is 0. The number of likely N-dealkylation sites (tertiary alicyclic amines) is 1. The van der Waals surface area contributed by atoms with E-state index in [1.807, 2.05) is 0 Å². The van der Waals surface area contributed by atoms with Crippen LogP contribution in [0.15, 0.2) is 0 Å². The van der Waals surface area contributed by atoms with Gasteiger partial charge in [-0.25, -0.2) is 4.39 Å². The molecule has 2 aliphatic heterocycles. The molecule has 0 spiro atoms. The zero-order valence-electron chi connectivity index (χ0n) is 6.63. The normalized spacial score (nSPS) is 35.2. The Bertz CT molecular complexity index is 138. The summed E-state index contributed by atoms with van der Waals surface area (Å²) in [6, 6.07) is 0.522. The topological polar surface area (TPSA) is 12.5 Å². The summed E-state index contributed by atoms with van der Waals surface area (Å²) >= 11 is 0. The molecule has 0 amide bonds. The Morgan fingerprint density at radius 2 is 2.18 bits per heavy atom. The minimum atomic E-state index is -0.593. The average molecular weight is 159 g/mol. The molecule has 0 aromatic heterocycles. The monoisotopic (exact) mass is 159 g/mol. The molecular formula is C8H14FNO. The van der Waals surface area contributed by atoms with E-state index in [0.717, 1.165) is 32.6 Å². The highest BCUT2D eigenvalue weighted by molar-refractivity contribution is 4.82. The van der Waals surface area contributed by atoms with Gasteiger partial charge in [0.25, 0.3) is 0 Å². The zero-order valence-corrected chi connectivity index (χ0v) is 6.63. The van der Waals surface area contributed by atoms with Gasteiger partial charge in [0, 0.05) is 6.54 Å². The van der Waals surface area contributed by atoms with Crippen LogP contribution in [0.3, 0.4) is 0 Å². The molecule has 0 radical (unpaired) electrons. The van der Waals surface area contributed by atoms with Crippen LogP contribution >= 0.6 is 0 Å². The maximum absolute atomic E-state index is 12.9. The molecule has 11 heavy (non-hydrogen) atoms. The van der Waals surface area contributed by atoms with Crippen molar-refractivity contribution in [3.63, 3.8) is 0 Å². The summed E-state index contributed by atoms with van der Waals surface area (Å²) in [6.45, 7) is 3.32. The van der Waals surface area contributed by atoms with Crippen LogP contribution in [-0.2, 0) is 4.74 Å². The quantitative estimate of drug-likeness (QED) is 0.561. The Labute approximate surface area is 66.3 Å². The molecule has 0 aromatic carbocycles. The Kier molecular flexibility index (Phi) is 2.09. The maximum Gasteiger partial charge on any atom is 0.113 e. The van der Waals surface area contributed by atoms with Crippen LogP contribution < -0.4 is 0 Å². The second kappa shape index (κ2) is 3.07. The van der Waals surface area contributed by atoms with Crippen LogP contribution in [0.5, 0.6) is 0 Å². The van der Waals surface area contributed by atoms with Gasteiger partial charge in [-0.2, -0.15) is 0 Å². The number of piperidine rings is 1. The molecule has 2 nitrogen and oxygen atoms in total. The zero-order chi connectivity index (χ0) is 7.68. The highest BCUT2D eigenvalue weighted by Gasteiger charge is 2.29. The summed E-state index contributed by atoms with van der Waals surface area (Å²) in [6.07, 6.45) is 1.17. The molecule has 2 rings (SSSR count). The lowest BCUT2D eigenvalue weighted by molar-refractivity contribution is -0.0780. The fraction of sp³-hybridized carbons (Fsp3) is 1.00. The van der Waals surface area contributed by atoms with Crippen molar-refractivity contribution in [1.82, 2.24) is 4.90 Å². The lowest BCUT2D eigenvalue weighted by Gasteiger charge is -2.40. The molecule has 3 heteroatoms. The number of hydrogen-bond acceptors (Lipinski definition) is 2. The molecule has 2 fully saturated rings. The van der Waals surface area contributed by atoms with E-state index in [-0.39, 0.29) is 0 Å². The molecule has 1 atom stereocenters. The first-order valence-electron chi connectivity index (χ1n) is 4.32. The van der Waals surface area contributed by atoms with Crippen molar-refractivity contribution < 1.29 is 9.13 Å². The van der Waals surface area contributed by atoms with Gasteiger partial charge in [0.1, 0.15) is 6.17 Å². The highest BCUT2D eigenvalue weighted by atomic mass is 19.1. The molecular weight excluding hydrogens is 145 g/mol. The first-order chi connectivity index (χ1) is 5.36. The summed E-state index contributed by atoms with van der Waals surface area (Å²) in [5, 5.41) is 0. The van der Waals surface area contributed by atoms with E-state index in [1.54, 1.807) is 0 Å². The summed E-state index contributed by atoms with van der Waals surface area (Å²) in [4.78, 5) is 2.22. The minimum Gasteiger partial charge on any atom is -0.378 e. The van der Waals surface area contributed by atoms with Gasteiger partial charge in [-0.05, 0) is 19.4 Å². The van der Waals surface area contributed by atoms with E-state index in [9.17, 15) is 4.39 Å². The maximum atomic E-state index is 12.9. The van der Waals surface area contributed by atoms with Gasteiger partial charge >= 0.3 is 0 Å². The minimum absolute atomic E-state index is 0.522. The van der Waals surface area contributed by atoms with E-state index < -0.39 is 6.17 Å². The van der Waals surface area contributed by atoms with Gasteiger partial charge in [-0.1, -0.05) is 0 Å². The standard InChI is InChI=1S/C8H14FNO/c9-7-2-1-3-10(4-7)8-5-11-6-8/h7-8H,1-6H2. The highest BCUT2D eigenvalue weighted by Crippen LogP contribution is 2.18. The third-order valence-corrected chi connectivity index (χ3v) is 2.53. The van der Waals surface area contributed by atoms with Gasteiger partial charge in [0.15, 0.2) is 0 Å². The van der Waals surface area contributed by atoms with Gasteiger partial charge in [0.05, 0.1) is 19.3 Å². The number of rotatable bonds is 1. The van der Waals surface area contributed by atoms with Crippen LogP contribution in [-0.4, -0.2) is 43.4 Å². The number of alkyl halides is 1. The first-order valence-corrected chi connectivity index (χ1v) is 4.32. The smallest absolute Gasteiger partial charge is 0.113 e. The van der Waals surface area contributed by atoms with E-state index in [1.165, 1.54) is 0 Å². The van der Waals surface area contributed by atoms with Crippen molar-refractivity contribution in [2.75, 3.05) is 26.3 Å². The summed E-state index contributed by atoms with van der Waals surface area (Å²) in [7, 11) is 0. The van der Waals surface area contributed by atoms with Crippen LogP contribution in [0, 0.1) is 0 Å². The fourth-order valence-electron chi connectivity index (χ4n) is 1.72. The lowest BCUT2D eigenvalue weighted by atomic mass is 10.1. The average Bonchev–Trinajstić information content (AvgIpc) is 1.83. The van der Waals surface area contributed by atoms with E-state index in [2.05, 4.69) is 4.90 Å². The molecule has 64 valence electrons. The molecule has 0 aromatic rings. The lowest BCUT2D eigenvalue weighted by Crippen LogP contribution is -2.52. The molecule has 2 heterocycles. The Morgan fingerprint density at radius 1 is 1.36 bits per heavy atom. The van der Waals surface area contributed by atoms with Gasteiger partial charge in [-0.3, -0.25) is 4.90 Å². The van der Waals surface area contributed by atoms with Crippen molar-refractivity contribution in [3.8, 4) is 0 Å². The van der Waals surface area contributed by atoms with E-state index in [0.29, 0.717) is 12.6 Å². The predicted octanol–water partition coefficient (Wildman–Crippen LogP) is 0.819. The number of ether oxygens (including phenoxy) is 1. The third-order valence-electron chi connectivity index (χ3n) is 2.53. The fourth-order valence-corrected chi connectivity index (χ4v) is 1.72. The van der Waals surface area contributed by atoms with Gasteiger partial charge < -0.3 is 4.74 Å². The third kappa shape index (κ3) is 1.54. The van der Waals surface area contributed by atoms with Crippen LogP contribution in [0.2, 0.25) is 0 Å². The van der Waals surface area contributed by atoms with E-state index >= 15 is 0 Å². The molecule has 0 aliphatic carbocycles. The predicted molar refractivity (Wildman–Crippen MR) is 40.3 cm³/mol. The SMILES string of the molecule is FC1CCCN(C2COC2)C1.